The van der Waals surface area contributed by atoms with Crippen molar-refractivity contribution < 1.29 is 36.2 Å². The van der Waals surface area contributed by atoms with Crippen LogP contribution in [-0.2, 0) is 20.2 Å². The van der Waals surface area contributed by atoms with Gasteiger partial charge in [-0.2, -0.15) is 21.9 Å². The van der Waals surface area contributed by atoms with E-state index in [9.17, 15) is 31.6 Å². The summed E-state index contributed by atoms with van der Waals surface area (Å²) in [4.78, 5) is -1.61. The second kappa shape index (κ2) is 7.49. The van der Waals surface area contributed by atoms with Crippen LogP contribution in [0.3, 0.4) is 0 Å². The highest BCUT2D eigenvalue weighted by molar-refractivity contribution is 14.1. The molecule has 0 atom stereocenters. The molecule has 152 valence electrons. The van der Waals surface area contributed by atoms with E-state index in [0.29, 0.717) is 11.8 Å². The molecule has 3 rings (SSSR count). The van der Waals surface area contributed by atoms with Crippen molar-refractivity contribution in [2.75, 3.05) is 0 Å². The third-order valence-corrected chi connectivity index (χ3v) is 6.19. The molecular weight excluding hydrogens is 539 g/mol. The fourth-order valence-electron chi connectivity index (χ4n) is 2.50. The molecule has 10 nitrogen and oxygen atoms in total. The van der Waals surface area contributed by atoms with E-state index in [1.54, 1.807) is 24.3 Å². The fourth-order valence-corrected chi connectivity index (χ4v) is 4.05. The molecule has 0 unspecified atom stereocenters. The predicted molar refractivity (Wildman–Crippen MR) is 110 cm³/mol. The van der Waals surface area contributed by atoms with Gasteiger partial charge in [0.25, 0.3) is 20.2 Å². The minimum atomic E-state index is -4.93. The van der Waals surface area contributed by atoms with E-state index in [-0.39, 0.29) is 10.8 Å². The summed E-state index contributed by atoms with van der Waals surface area (Å²) in [5.74, 6) is -1.62. The van der Waals surface area contributed by atoms with Crippen LogP contribution in [-0.4, -0.2) is 36.2 Å². The lowest BCUT2D eigenvalue weighted by Crippen LogP contribution is -2.01. The second-order valence-corrected chi connectivity index (χ2v) is 9.80. The van der Waals surface area contributed by atoms with Gasteiger partial charge in [-0.15, -0.1) is 5.11 Å². The Morgan fingerprint density at radius 3 is 2.00 bits per heavy atom. The number of aromatic hydroxyl groups is 2. The third kappa shape index (κ3) is 4.48. The molecular formula is C16H11IN2O8S2. The molecule has 0 aromatic heterocycles. The fraction of sp³-hybridized carbons (Fsp3) is 0. The van der Waals surface area contributed by atoms with Crippen molar-refractivity contribution in [3.05, 3.63) is 46.0 Å². The molecule has 0 aliphatic carbocycles. The predicted octanol–water partition coefficient (Wildman–Crippen LogP) is 3.76. The van der Waals surface area contributed by atoms with Crippen LogP contribution in [0, 0.1) is 3.57 Å². The number of rotatable bonds is 4. The first kappa shape index (κ1) is 21.4. The van der Waals surface area contributed by atoms with Crippen LogP contribution in [0.2, 0.25) is 0 Å². The monoisotopic (exact) mass is 550 g/mol. The quantitative estimate of drug-likeness (QED) is 0.216. The van der Waals surface area contributed by atoms with Crippen molar-refractivity contribution >= 4 is 65.0 Å². The number of azo groups is 1. The maximum atomic E-state index is 11.8. The Morgan fingerprint density at radius 2 is 1.45 bits per heavy atom. The van der Waals surface area contributed by atoms with Gasteiger partial charge in [0.1, 0.15) is 16.3 Å². The Labute approximate surface area is 178 Å². The van der Waals surface area contributed by atoms with E-state index in [4.69, 9.17) is 4.55 Å². The topological polar surface area (TPSA) is 174 Å². The van der Waals surface area contributed by atoms with Gasteiger partial charge in [-0.1, -0.05) is 0 Å². The molecule has 0 saturated carbocycles. The summed E-state index contributed by atoms with van der Waals surface area (Å²) in [5, 5.41) is 27.5. The van der Waals surface area contributed by atoms with Gasteiger partial charge in [0, 0.05) is 9.64 Å². The Hall–Kier alpha value is -2.33. The molecule has 4 N–H and O–H groups in total. The molecule has 29 heavy (non-hydrogen) atoms. The third-order valence-electron chi connectivity index (χ3n) is 3.77. The van der Waals surface area contributed by atoms with Gasteiger partial charge in [-0.05, 0) is 64.4 Å². The zero-order chi connectivity index (χ0) is 21.6. The van der Waals surface area contributed by atoms with Gasteiger partial charge < -0.3 is 10.2 Å². The summed E-state index contributed by atoms with van der Waals surface area (Å²) in [6.45, 7) is 0. The van der Waals surface area contributed by atoms with Crippen LogP contribution in [0.25, 0.3) is 10.8 Å². The molecule has 0 amide bonds. The highest BCUT2D eigenvalue weighted by Gasteiger charge is 2.25. The maximum Gasteiger partial charge on any atom is 0.296 e. The Kier molecular flexibility index (Phi) is 5.52. The summed E-state index contributed by atoms with van der Waals surface area (Å²) in [6, 6.07) is 8.85. The van der Waals surface area contributed by atoms with Crippen molar-refractivity contribution in [2.45, 2.75) is 9.79 Å². The second-order valence-electron chi connectivity index (χ2n) is 5.74. The van der Waals surface area contributed by atoms with Gasteiger partial charge in [0.05, 0.1) is 16.0 Å². The standard InChI is InChI=1S/C16H11IN2O8S2/c17-9-1-3-10(4-2-9)18-19-15-13(29(25,26)27)6-8-5-11(28(22,23)24)7-12(20)14(8)16(15)21/h1-7,20-21H,(H,22,23,24)(H,25,26,27). The molecule has 3 aromatic carbocycles. The number of fused-ring (bicyclic) bond motifs is 1. The van der Waals surface area contributed by atoms with Crippen molar-refractivity contribution in [2.24, 2.45) is 10.2 Å². The molecule has 0 aliphatic rings. The van der Waals surface area contributed by atoms with Crippen molar-refractivity contribution in [3.63, 3.8) is 0 Å². The minimum Gasteiger partial charge on any atom is -0.507 e. The SMILES string of the molecule is O=S(=O)(O)c1cc(O)c2c(O)c(N=Nc3ccc(I)cc3)c(S(=O)(=O)O)cc2c1. The van der Waals surface area contributed by atoms with Crippen molar-refractivity contribution in [3.8, 4) is 11.5 Å². The first-order valence-corrected chi connectivity index (χ1v) is 11.5. The van der Waals surface area contributed by atoms with Crippen LogP contribution in [0.1, 0.15) is 0 Å². The minimum absolute atomic E-state index is 0.282. The van der Waals surface area contributed by atoms with Crippen LogP contribution in [0.5, 0.6) is 11.5 Å². The van der Waals surface area contributed by atoms with Gasteiger partial charge in [0.2, 0.25) is 0 Å². The number of halogens is 1. The highest BCUT2D eigenvalue weighted by Crippen LogP contribution is 2.45. The van der Waals surface area contributed by atoms with Crippen LogP contribution >= 0.6 is 22.6 Å². The Morgan fingerprint density at radius 1 is 0.828 bits per heavy atom. The lowest BCUT2D eigenvalue weighted by Gasteiger charge is -2.11. The number of phenols is 2. The van der Waals surface area contributed by atoms with Crippen LogP contribution in [0.15, 0.2) is 62.5 Å². The largest absolute Gasteiger partial charge is 0.507 e. The average Bonchev–Trinajstić information content (AvgIpc) is 2.60. The van der Waals surface area contributed by atoms with Crippen molar-refractivity contribution in [1.29, 1.82) is 0 Å². The number of hydrogen-bond acceptors (Lipinski definition) is 8. The molecule has 0 fully saturated rings. The summed E-state index contributed by atoms with van der Waals surface area (Å²) < 4.78 is 65.8. The molecule has 0 radical (unpaired) electrons. The van der Waals surface area contributed by atoms with E-state index < -0.39 is 47.2 Å². The zero-order valence-corrected chi connectivity index (χ0v) is 17.8. The summed E-state index contributed by atoms with van der Waals surface area (Å²) >= 11 is 2.07. The Balaban J connectivity index is 2.32. The zero-order valence-electron chi connectivity index (χ0n) is 14.1. The average molecular weight is 550 g/mol. The van der Waals surface area contributed by atoms with Crippen LogP contribution in [0.4, 0.5) is 11.4 Å². The van der Waals surface area contributed by atoms with Crippen LogP contribution < -0.4 is 0 Å². The van der Waals surface area contributed by atoms with Gasteiger partial charge in [0.15, 0.2) is 5.75 Å². The van der Waals surface area contributed by atoms with E-state index in [1.807, 2.05) is 0 Å². The van der Waals surface area contributed by atoms with Gasteiger partial charge in [-0.25, -0.2) is 0 Å². The number of hydrogen-bond donors (Lipinski definition) is 4. The number of phenolic OH excluding ortho intramolecular Hbond substituents is 2. The molecule has 0 bridgehead atoms. The lowest BCUT2D eigenvalue weighted by molar-refractivity contribution is 0.457. The van der Waals surface area contributed by atoms with E-state index in [1.165, 1.54) is 0 Å². The lowest BCUT2D eigenvalue weighted by atomic mass is 10.1. The maximum absolute atomic E-state index is 11.8. The van der Waals surface area contributed by atoms with Gasteiger partial charge >= 0.3 is 0 Å². The number of benzene rings is 3. The van der Waals surface area contributed by atoms with E-state index in [2.05, 4.69) is 32.8 Å². The molecule has 0 spiro atoms. The summed E-state index contributed by atoms with van der Waals surface area (Å²) in [6.07, 6.45) is 0. The molecule has 0 aliphatic heterocycles. The van der Waals surface area contributed by atoms with Gasteiger partial charge in [-0.3, -0.25) is 9.11 Å². The molecule has 0 saturated heterocycles. The van der Waals surface area contributed by atoms with E-state index >= 15 is 0 Å². The molecule has 0 heterocycles. The molecule has 13 heteroatoms. The Bertz CT molecular complexity index is 1370. The smallest absolute Gasteiger partial charge is 0.296 e. The normalized spacial score (nSPS) is 12.7. The summed E-state index contributed by atoms with van der Waals surface area (Å²) in [5.41, 5.74) is -0.342. The first-order chi connectivity index (χ1) is 13.4. The highest BCUT2D eigenvalue weighted by atomic mass is 127. The summed E-state index contributed by atoms with van der Waals surface area (Å²) in [7, 11) is -9.66. The van der Waals surface area contributed by atoms with E-state index in [0.717, 1.165) is 15.7 Å². The van der Waals surface area contributed by atoms with Crippen molar-refractivity contribution in [1.82, 2.24) is 0 Å². The first-order valence-electron chi connectivity index (χ1n) is 7.53. The number of nitrogens with zero attached hydrogens (tertiary/aromatic N) is 2. The molecule has 3 aromatic rings.